The summed E-state index contributed by atoms with van der Waals surface area (Å²) in [6, 6.07) is 23.1. The van der Waals surface area contributed by atoms with E-state index in [2.05, 4.69) is 10.3 Å². The number of aromatic nitrogens is 3. The fourth-order valence-corrected chi connectivity index (χ4v) is 4.37. The molecule has 1 aliphatic heterocycles. The lowest BCUT2D eigenvalue weighted by Crippen LogP contribution is -2.43. The average molecular weight is 478 g/mol. The summed E-state index contributed by atoms with van der Waals surface area (Å²) in [4.78, 5) is 31.8. The van der Waals surface area contributed by atoms with Gasteiger partial charge in [0.1, 0.15) is 5.69 Å². The number of piperidine rings is 1. The van der Waals surface area contributed by atoms with Gasteiger partial charge in [0.15, 0.2) is 0 Å². The van der Waals surface area contributed by atoms with E-state index in [1.165, 1.54) is 0 Å². The molecule has 1 aliphatic rings. The topological polar surface area (TPSA) is 80.1 Å². The van der Waals surface area contributed by atoms with Gasteiger partial charge in [-0.2, -0.15) is 5.10 Å². The van der Waals surface area contributed by atoms with Gasteiger partial charge in [-0.1, -0.05) is 36.4 Å². The predicted molar refractivity (Wildman–Crippen MR) is 140 cm³/mol. The maximum Gasteiger partial charge on any atom is 0.246 e. The lowest BCUT2D eigenvalue weighted by molar-refractivity contribution is -0.130. The molecule has 2 amide bonds. The zero-order chi connectivity index (χ0) is 24.7. The molecule has 1 fully saturated rings. The number of pyridine rings is 1. The number of benzene rings is 2. The highest BCUT2D eigenvalue weighted by Crippen LogP contribution is 2.25. The SMILES string of the molecule is O=C(Nc1ccccc1)C1CCCN(C(=O)/C=C/c2cn(-c3ccccc3)nc2-c2cccnc2)C1. The Kier molecular flexibility index (Phi) is 6.98. The van der Waals surface area contributed by atoms with E-state index in [-0.39, 0.29) is 17.7 Å². The normalized spacial score (nSPS) is 15.7. The first-order valence-corrected chi connectivity index (χ1v) is 12.1. The van der Waals surface area contributed by atoms with Gasteiger partial charge in [-0.3, -0.25) is 14.6 Å². The van der Waals surface area contributed by atoms with Crippen LogP contribution in [0.15, 0.2) is 97.5 Å². The number of anilines is 1. The molecule has 7 nitrogen and oxygen atoms in total. The number of para-hydroxylation sites is 2. The van der Waals surface area contributed by atoms with Crippen LogP contribution >= 0.6 is 0 Å². The van der Waals surface area contributed by atoms with E-state index in [0.717, 1.165) is 41.0 Å². The zero-order valence-corrected chi connectivity index (χ0v) is 19.8. The molecule has 4 aromatic rings. The van der Waals surface area contributed by atoms with Crippen molar-refractivity contribution in [2.75, 3.05) is 18.4 Å². The van der Waals surface area contributed by atoms with E-state index < -0.39 is 0 Å². The van der Waals surface area contributed by atoms with E-state index >= 15 is 0 Å². The molecule has 5 rings (SSSR count). The zero-order valence-electron chi connectivity index (χ0n) is 19.8. The van der Waals surface area contributed by atoms with Gasteiger partial charge < -0.3 is 10.2 Å². The minimum absolute atomic E-state index is 0.0503. The van der Waals surface area contributed by atoms with Crippen LogP contribution in [0.5, 0.6) is 0 Å². The van der Waals surface area contributed by atoms with Crippen molar-refractivity contribution in [1.82, 2.24) is 19.7 Å². The summed E-state index contributed by atoms with van der Waals surface area (Å²) < 4.78 is 1.80. The third-order valence-electron chi connectivity index (χ3n) is 6.25. The fourth-order valence-electron chi connectivity index (χ4n) is 4.37. The van der Waals surface area contributed by atoms with Gasteiger partial charge in [0, 0.05) is 54.6 Å². The van der Waals surface area contributed by atoms with Crippen LogP contribution in [0.25, 0.3) is 23.0 Å². The number of hydrogen-bond donors (Lipinski definition) is 1. The molecule has 2 aromatic carbocycles. The van der Waals surface area contributed by atoms with Crippen molar-refractivity contribution < 1.29 is 9.59 Å². The van der Waals surface area contributed by atoms with Gasteiger partial charge in [-0.15, -0.1) is 0 Å². The first-order chi connectivity index (χ1) is 17.7. The van der Waals surface area contributed by atoms with Gasteiger partial charge in [0.25, 0.3) is 0 Å². The van der Waals surface area contributed by atoms with Crippen molar-refractivity contribution in [2.45, 2.75) is 12.8 Å². The summed E-state index contributed by atoms with van der Waals surface area (Å²) in [6.45, 7) is 1.04. The molecule has 0 aliphatic carbocycles. The van der Waals surface area contributed by atoms with Gasteiger partial charge >= 0.3 is 0 Å². The number of hydrogen-bond acceptors (Lipinski definition) is 4. The van der Waals surface area contributed by atoms with E-state index in [0.29, 0.717) is 13.1 Å². The van der Waals surface area contributed by atoms with Crippen LogP contribution in [-0.2, 0) is 9.59 Å². The van der Waals surface area contributed by atoms with Crippen LogP contribution in [0, 0.1) is 5.92 Å². The van der Waals surface area contributed by atoms with Crippen molar-refractivity contribution >= 4 is 23.6 Å². The molecule has 0 spiro atoms. The Hall–Kier alpha value is -4.52. The van der Waals surface area contributed by atoms with Crippen LogP contribution in [0.3, 0.4) is 0 Å². The van der Waals surface area contributed by atoms with Crippen molar-refractivity contribution in [3.05, 3.63) is 103 Å². The molecule has 1 saturated heterocycles. The molecule has 0 radical (unpaired) electrons. The smallest absolute Gasteiger partial charge is 0.246 e. The number of amides is 2. The van der Waals surface area contributed by atoms with Gasteiger partial charge in [-0.05, 0) is 55.3 Å². The summed E-state index contributed by atoms with van der Waals surface area (Å²) in [5.74, 6) is -0.398. The maximum absolute atomic E-state index is 13.1. The summed E-state index contributed by atoms with van der Waals surface area (Å²) >= 11 is 0. The van der Waals surface area contributed by atoms with Crippen molar-refractivity contribution in [3.8, 4) is 16.9 Å². The number of rotatable bonds is 6. The summed E-state index contributed by atoms with van der Waals surface area (Å²) in [5, 5.41) is 7.72. The molecule has 36 heavy (non-hydrogen) atoms. The lowest BCUT2D eigenvalue weighted by Gasteiger charge is -2.31. The average Bonchev–Trinajstić information content (AvgIpc) is 3.38. The second kappa shape index (κ2) is 10.8. The minimum atomic E-state index is -0.233. The monoisotopic (exact) mass is 477 g/mol. The highest BCUT2D eigenvalue weighted by Gasteiger charge is 2.27. The first-order valence-electron chi connectivity index (χ1n) is 12.1. The molecular formula is C29H27N5O2. The molecule has 0 bridgehead atoms. The third-order valence-corrected chi connectivity index (χ3v) is 6.25. The number of nitrogens with one attached hydrogen (secondary N) is 1. The fraction of sp³-hybridized carbons (Fsp3) is 0.172. The molecule has 0 saturated carbocycles. The second-order valence-electron chi connectivity index (χ2n) is 8.77. The molecule has 2 aromatic heterocycles. The molecular weight excluding hydrogens is 450 g/mol. The van der Waals surface area contributed by atoms with Crippen molar-refractivity contribution in [1.29, 1.82) is 0 Å². The highest BCUT2D eigenvalue weighted by atomic mass is 16.2. The van der Waals surface area contributed by atoms with E-state index in [1.54, 1.807) is 34.1 Å². The van der Waals surface area contributed by atoms with E-state index in [9.17, 15) is 9.59 Å². The lowest BCUT2D eigenvalue weighted by atomic mass is 9.97. The van der Waals surface area contributed by atoms with Gasteiger partial charge in [0.2, 0.25) is 11.8 Å². The van der Waals surface area contributed by atoms with Crippen LogP contribution in [-0.4, -0.2) is 44.6 Å². The van der Waals surface area contributed by atoms with Crippen LogP contribution in [0.2, 0.25) is 0 Å². The Morgan fingerprint density at radius 3 is 2.50 bits per heavy atom. The number of likely N-dealkylation sites (tertiary alicyclic amines) is 1. The van der Waals surface area contributed by atoms with Crippen molar-refractivity contribution in [3.63, 3.8) is 0 Å². The maximum atomic E-state index is 13.1. The molecule has 7 heteroatoms. The number of carbonyl (C=O) groups is 2. The number of nitrogens with zero attached hydrogens (tertiary/aromatic N) is 4. The Balaban J connectivity index is 1.32. The molecule has 1 N–H and O–H groups in total. The minimum Gasteiger partial charge on any atom is -0.338 e. The molecule has 1 unspecified atom stereocenters. The largest absolute Gasteiger partial charge is 0.338 e. The molecule has 1 atom stereocenters. The predicted octanol–water partition coefficient (Wildman–Crippen LogP) is 4.82. The Bertz CT molecular complexity index is 1350. The second-order valence-corrected chi connectivity index (χ2v) is 8.77. The highest BCUT2D eigenvalue weighted by molar-refractivity contribution is 5.95. The molecule has 180 valence electrons. The summed E-state index contributed by atoms with van der Waals surface area (Å²) in [7, 11) is 0. The van der Waals surface area contributed by atoms with Gasteiger partial charge in [-0.25, -0.2) is 4.68 Å². The van der Waals surface area contributed by atoms with Crippen LogP contribution in [0.4, 0.5) is 5.69 Å². The summed E-state index contributed by atoms with van der Waals surface area (Å²) in [6.07, 6.45) is 10.3. The Morgan fingerprint density at radius 2 is 1.75 bits per heavy atom. The molecule has 3 heterocycles. The number of carbonyl (C=O) groups excluding carboxylic acids is 2. The standard InChI is InChI=1S/C29H27N5O2/c35-27(33-18-8-10-24(20-33)29(36)31-25-11-3-1-4-12-25)16-15-23-21-34(26-13-5-2-6-14-26)32-28(23)22-9-7-17-30-19-22/h1-7,9,11-17,19,21,24H,8,10,18,20H2,(H,31,36)/b16-15+. The van der Waals surface area contributed by atoms with Crippen LogP contribution < -0.4 is 5.32 Å². The van der Waals surface area contributed by atoms with Crippen LogP contribution in [0.1, 0.15) is 18.4 Å². The first kappa shape index (κ1) is 23.2. The van der Waals surface area contributed by atoms with Crippen molar-refractivity contribution in [2.24, 2.45) is 5.92 Å². The quantitative estimate of drug-likeness (QED) is 0.404. The van der Waals surface area contributed by atoms with E-state index in [4.69, 9.17) is 5.10 Å². The van der Waals surface area contributed by atoms with E-state index in [1.807, 2.05) is 79.0 Å². The van der Waals surface area contributed by atoms with Gasteiger partial charge in [0.05, 0.1) is 11.6 Å². The summed E-state index contributed by atoms with van der Waals surface area (Å²) in [5.41, 5.74) is 4.13. The third kappa shape index (κ3) is 5.41. The Morgan fingerprint density at radius 1 is 0.972 bits per heavy atom. The Labute approximate surface area is 210 Å².